The van der Waals surface area contributed by atoms with Gasteiger partial charge in [-0.3, -0.25) is 14.8 Å². The zero-order chi connectivity index (χ0) is 33.3. The Hall–Kier alpha value is -2.88. The van der Waals surface area contributed by atoms with Gasteiger partial charge in [0.25, 0.3) is 0 Å². The molecule has 5 rings (SSSR count). The van der Waals surface area contributed by atoms with Crippen molar-refractivity contribution in [1.82, 2.24) is 9.97 Å². The fourth-order valence-electron chi connectivity index (χ4n) is 6.81. The van der Waals surface area contributed by atoms with Gasteiger partial charge in [0.15, 0.2) is 5.78 Å². The summed E-state index contributed by atoms with van der Waals surface area (Å²) in [5.41, 5.74) is 8.28. The number of benzene rings is 2. The van der Waals surface area contributed by atoms with Crippen molar-refractivity contribution in [3.63, 3.8) is 0 Å². The molecule has 0 unspecified atom stereocenters. The molecule has 4 nitrogen and oxygen atoms in total. The maximum absolute atomic E-state index is 11.7. The molecule has 0 saturated heterocycles. The number of carbonyl (C=O) groups is 1. The van der Waals surface area contributed by atoms with Gasteiger partial charge >= 0.3 is 0 Å². The first-order chi connectivity index (χ1) is 21.1. The van der Waals surface area contributed by atoms with Gasteiger partial charge in [-0.2, -0.15) is 0 Å². The molecule has 0 saturated carbocycles. The van der Waals surface area contributed by atoms with Crippen LogP contribution in [0.3, 0.4) is 0 Å². The average molecular weight is 798 g/mol. The molecule has 2 aromatic heterocycles. The van der Waals surface area contributed by atoms with Crippen molar-refractivity contribution in [1.29, 1.82) is 0 Å². The van der Waals surface area contributed by atoms with E-state index in [0.29, 0.717) is 0 Å². The first-order valence-electron chi connectivity index (χ1n) is 16.9. The van der Waals surface area contributed by atoms with Crippen molar-refractivity contribution in [3.05, 3.63) is 82.5 Å². The molecule has 0 amide bonds. The van der Waals surface area contributed by atoms with Crippen LogP contribution in [0.1, 0.15) is 116 Å². The van der Waals surface area contributed by atoms with E-state index in [4.69, 9.17) is 9.97 Å². The van der Waals surface area contributed by atoms with Gasteiger partial charge in [-0.1, -0.05) is 96.0 Å². The number of aliphatic hydroxyl groups excluding tert-OH is 1. The van der Waals surface area contributed by atoms with Gasteiger partial charge in [0.2, 0.25) is 0 Å². The largest absolute Gasteiger partial charge is 0.512 e. The molecule has 4 aromatic rings. The maximum Gasteiger partial charge on any atom is 0.162 e. The van der Waals surface area contributed by atoms with Gasteiger partial charge in [0, 0.05) is 66.7 Å². The van der Waals surface area contributed by atoms with Crippen molar-refractivity contribution in [2.45, 2.75) is 114 Å². The number of hydrogen-bond acceptors (Lipinski definition) is 4. The van der Waals surface area contributed by atoms with Gasteiger partial charge in [-0.25, -0.2) is 0 Å². The third kappa shape index (κ3) is 7.80. The normalized spacial score (nSPS) is 13.8. The molecular weight excluding hydrogens is 745 g/mol. The molecule has 0 bridgehead atoms. The van der Waals surface area contributed by atoms with Crippen LogP contribution in [0.15, 0.2) is 48.4 Å². The van der Waals surface area contributed by atoms with E-state index in [-0.39, 0.29) is 54.3 Å². The summed E-state index contributed by atoms with van der Waals surface area (Å²) in [6.45, 7) is 23.8. The number of hydrogen-bond donors (Lipinski definition) is 1. The molecule has 1 radical (unpaired) electrons. The van der Waals surface area contributed by atoms with Crippen LogP contribution in [0.25, 0.3) is 32.8 Å². The third-order valence-corrected chi connectivity index (χ3v) is 9.44. The van der Waals surface area contributed by atoms with E-state index in [2.05, 4.69) is 84.9 Å². The maximum atomic E-state index is 11.7. The summed E-state index contributed by atoms with van der Waals surface area (Å²) in [4.78, 5) is 21.8. The zero-order valence-corrected chi connectivity index (χ0v) is 32.2. The van der Waals surface area contributed by atoms with E-state index in [1.807, 2.05) is 33.9 Å². The van der Waals surface area contributed by atoms with Crippen LogP contribution in [0.5, 0.6) is 0 Å². The first-order valence-corrected chi connectivity index (χ1v) is 16.9. The van der Waals surface area contributed by atoms with E-state index >= 15 is 0 Å². The molecule has 46 heavy (non-hydrogen) atoms. The fourth-order valence-corrected chi connectivity index (χ4v) is 6.81. The number of nitrogens with zero attached hydrogens (tertiary/aromatic N) is 2. The smallest absolute Gasteiger partial charge is 0.162 e. The number of pyridine rings is 2. The molecule has 5 heteroatoms. The van der Waals surface area contributed by atoms with Crippen molar-refractivity contribution in [3.8, 4) is 11.3 Å². The molecule has 2 heterocycles. The van der Waals surface area contributed by atoms with Gasteiger partial charge in [-0.05, 0) is 74.3 Å². The Morgan fingerprint density at radius 3 is 2.20 bits per heavy atom. The Morgan fingerprint density at radius 1 is 0.978 bits per heavy atom. The summed E-state index contributed by atoms with van der Waals surface area (Å²) in [5.74, 6) is 0.547. The summed E-state index contributed by atoms with van der Waals surface area (Å²) >= 11 is 0. The van der Waals surface area contributed by atoms with Crippen LogP contribution < -0.4 is 0 Å². The molecule has 2 aromatic carbocycles. The number of fused-ring (bicyclic) bond motifs is 3. The van der Waals surface area contributed by atoms with Crippen LogP contribution in [0.2, 0.25) is 0 Å². The number of aliphatic hydroxyl groups is 1. The molecule has 0 spiro atoms. The second-order valence-electron chi connectivity index (χ2n) is 14.7. The van der Waals surface area contributed by atoms with Crippen LogP contribution >= 0.6 is 0 Å². The SMILES string of the molecule is CCC(CC)C(=O)/C=C(\O)C(CC)CC.Cc1cc(C)c2cc3c([c-]c2c1)-c1nccc2cc(CC(C)(C)C)nc(c12)C3(C)C.[Ir]. The Morgan fingerprint density at radius 2 is 1.61 bits per heavy atom. The number of ketones is 1. The fraction of sp³-hybridized carbons (Fsp3) is 0.488. The zero-order valence-electron chi connectivity index (χ0n) is 29.8. The molecule has 0 atom stereocenters. The Balaban J connectivity index is 0.000000309. The molecule has 1 N–H and O–H groups in total. The van der Waals surface area contributed by atoms with Gasteiger partial charge in [0.05, 0.1) is 5.76 Å². The van der Waals surface area contributed by atoms with Crippen molar-refractivity contribution >= 4 is 27.3 Å². The molecule has 1 aliphatic rings. The van der Waals surface area contributed by atoms with E-state index in [9.17, 15) is 9.90 Å². The Bertz CT molecular complexity index is 1740. The van der Waals surface area contributed by atoms with Gasteiger partial charge in [0.1, 0.15) is 0 Å². The minimum Gasteiger partial charge on any atom is -0.512 e. The summed E-state index contributed by atoms with van der Waals surface area (Å²) in [7, 11) is 0. The van der Waals surface area contributed by atoms with E-state index in [1.165, 1.54) is 44.3 Å². The average Bonchev–Trinajstić information content (AvgIpc) is 2.96. The summed E-state index contributed by atoms with van der Waals surface area (Å²) < 4.78 is 0. The van der Waals surface area contributed by atoms with Gasteiger partial charge in [-0.15, -0.1) is 23.6 Å². The molecule has 0 fully saturated rings. The summed E-state index contributed by atoms with van der Waals surface area (Å²) in [6.07, 6.45) is 7.80. The minimum atomic E-state index is -0.209. The molecular formula is C41H53IrN2O2-. The predicted molar refractivity (Wildman–Crippen MR) is 190 cm³/mol. The minimum absolute atomic E-state index is 0. The number of rotatable bonds is 8. The number of allylic oxidation sites excluding steroid dienone is 2. The number of carbonyl (C=O) groups excluding carboxylic acids is 1. The Kier molecular flexibility index (Phi) is 12.2. The quantitative estimate of drug-likeness (QED) is 0.110. The van der Waals surface area contributed by atoms with Crippen LogP contribution in [0, 0.1) is 37.2 Å². The Labute approximate surface area is 290 Å². The molecule has 0 aliphatic heterocycles. The van der Waals surface area contributed by atoms with Crippen LogP contribution in [0.4, 0.5) is 0 Å². The summed E-state index contributed by atoms with van der Waals surface area (Å²) in [5, 5.41) is 14.6. The second-order valence-corrected chi connectivity index (χ2v) is 14.7. The van der Waals surface area contributed by atoms with Gasteiger partial charge < -0.3 is 5.11 Å². The standard InChI is InChI=1S/C28H29N2.C13H24O2.Ir/c1-16-10-17(2)21-14-23-22(13-19(21)11-16)25-24-18(8-9-29-25)12-20(15-27(3,4)5)30-26(24)28(23,6)7;1-5-10(6-2)12(14)9-13(15)11(7-3)8-4;/h8-12,14H,15H2,1-7H3;9-11,14H,5-8H2,1-4H3;/q-1;;/b;12-9-;. The first kappa shape index (κ1) is 37.6. The monoisotopic (exact) mass is 798 g/mol. The van der Waals surface area contributed by atoms with Crippen molar-refractivity contribution in [2.75, 3.05) is 0 Å². The molecule has 249 valence electrons. The predicted octanol–water partition coefficient (Wildman–Crippen LogP) is 11.0. The van der Waals surface area contributed by atoms with E-state index in [1.54, 1.807) is 0 Å². The number of aromatic nitrogens is 2. The summed E-state index contributed by atoms with van der Waals surface area (Å²) in [6, 6.07) is 15.0. The van der Waals surface area contributed by atoms with Crippen LogP contribution in [-0.2, 0) is 36.7 Å². The topological polar surface area (TPSA) is 63.1 Å². The van der Waals surface area contributed by atoms with E-state index in [0.717, 1.165) is 54.7 Å². The van der Waals surface area contributed by atoms with Crippen molar-refractivity contribution < 1.29 is 30.0 Å². The van der Waals surface area contributed by atoms with E-state index < -0.39 is 0 Å². The van der Waals surface area contributed by atoms with Crippen LogP contribution in [-0.4, -0.2) is 20.9 Å². The third-order valence-electron chi connectivity index (χ3n) is 9.44. The van der Waals surface area contributed by atoms with Crippen molar-refractivity contribution in [2.24, 2.45) is 17.3 Å². The molecule has 1 aliphatic carbocycles. The second kappa shape index (κ2) is 14.9. The number of aryl methyl sites for hydroxylation is 2.